The first-order valence-electron chi connectivity index (χ1n) is 11.7. The van der Waals surface area contributed by atoms with Crippen molar-refractivity contribution in [2.24, 2.45) is 0 Å². The fourth-order valence-corrected chi connectivity index (χ4v) is 6.17. The van der Waals surface area contributed by atoms with Crippen molar-refractivity contribution in [3.05, 3.63) is 41.4 Å². The number of halogens is 1. The standard InChI is InChI=1S/C25H27ClN4O5S/c1-3-23(31)27-20-5-4-11-29(15-20)24(32)16(2)30-12-10-22(25(30)33)28-36(34,35)21-9-7-17-13-19(26)8-6-18(17)14-21/h1,6-9,13-14,16,20,22,28H,4-5,10-12,15H2,2H3,(H,27,31). The molecule has 11 heteroatoms. The fraction of sp³-hybridized carbons (Fsp3) is 0.400. The van der Waals surface area contributed by atoms with E-state index in [1.165, 1.54) is 17.0 Å². The number of nitrogens with one attached hydrogen (secondary N) is 2. The minimum atomic E-state index is -3.97. The van der Waals surface area contributed by atoms with Crippen LogP contribution in [0.4, 0.5) is 0 Å². The Morgan fingerprint density at radius 3 is 2.61 bits per heavy atom. The molecule has 2 aromatic carbocycles. The van der Waals surface area contributed by atoms with Crippen molar-refractivity contribution in [2.45, 2.75) is 49.2 Å². The first-order valence-corrected chi connectivity index (χ1v) is 13.5. The minimum absolute atomic E-state index is 0.0427. The van der Waals surface area contributed by atoms with Crippen LogP contribution in [0.1, 0.15) is 26.2 Å². The average Bonchev–Trinajstić information content (AvgIpc) is 3.21. The van der Waals surface area contributed by atoms with Gasteiger partial charge in [-0.2, -0.15) is 4.72 Å². The lowest BCUT2D eigenvalue weighted by Gasteiger charge is -2.36. The Hall–Kier alpha value is -3.13. The zero-order valence-electron chi connectivity index (χ0n) is 19.7. The predicted octanol–water partition coefficient (Wildman–Crippen LogP) is 1.50. The summed E-state index contributed by atoms with van der Waals surface area (Å²) in [7, 11) is -3.97. The highest BCUT2D eigenvalue weighted by molar-refractivity contribution is 7.89. The van der Waals surface area contributed by atoms with Gasteiger partial charge in [0.1, 0.15) is 12.1 Å². The highest BCUT2D eigenvalue weighted by atomic mass is 35.5. The van der Waals surface area contributed by atoms with E-state index >= 15 is 0 Å². The van der Waals surface area contributed by atoms with Crippen LogP contribution in [-0.2, 0) is 24.4 Å². The van der Waals surface area contributed by atoms with E-state index in [1.54, 1.807) is 36.1 Å². The van der Waals surface area contributed by atoms with Gasteiger partial charge in [-0.25, -0.2) is 8.42 Å². The number of carbonyl (C=O) groups is 3. The van der Waals surface area contributed by atoms with Gasteiger partial charge in [0.05, 0.1) is 4.90 Å². The maximum Gasteiger partial charge on any atom is 0.295 e. The Balaban J connectivity index is 1.41. The summed E-state index contributed by atoms with van der Waals surface area (Å²) in [5, 5.41) is 4.76. The van der Waals surface area contributed by atoms with Gasteiger partial charge in [-0.1, -0.05) is 23.7 Å². The average molecular weight is 531 g/mol. The van der Waals surface area contributed by atoms with E-state index < -0.39 is 33.9 Å². The van der Waals surface area contributed by atoms with Gasteiger partial charge in [-0.15, -0.1) is 6.42 Å². The smallest absolute Gasteiger partial charge is 0.295 e. The third-order valence-corrected chi connectivity index (χ3v) is 8.35. The predicted molar refractivity (Wildman–Crippen MR) is 135 cm³/mol. The van der Waals surface area contributed by atoms with E-state index in [-0.39, 0.29) is 29.8 Å². The van der Waals surface area contributed by atoms with Gasteiger partial charge >= 0.3 is 0 Å². The number of nitrogens with zero attached hydrogens (tertiary/aromatic N) is 2. The molecule has 3 unspecified atom stereocenters. The number of rotatable bonds is 6. The molecule has 3 atom stereocenters. The molecule has 3 amide bonds. The third kappa shape index (κ3) is 5.48. The largest absolute Gasteiger partial charge is 0.341 e. The number of carbonyl (C=O) groups excluding carboxylic acids is 3. The monoisotopic (exact) mass is 530 g/mol. The molecule has 0 aliphatic carbocycles. The number of hydrogen-bond acceptors (Lipinski definition) is 5. The van der Waals surface area contributed by atoms with Crippen molar-refractivity contribution in [1.82, 2.24) is 19.8 Å². The first kappa shape index (κ1) is 25.9. The minimum Gasteiger partial charge on any atom is -0.341 e. The van der Waals surface area contributed by atoms with Crippen molar-refractivity contribution >= 4 is 50.1 Å². The van der Waals surface area contributed by atoms with Crippen LogP contribution < -0.4 is 10.0 Å². The molecule has 2 aromatic rings. The molecular formula is C25H27ClN4O5S. The van der Waals surface area contributed by atoms with Gasteiger partial charge in [0, 0.05) is 30.7 Å². The normalized spacial score (nSPS) is 21.3. The third-order valence-electron chi connectivity index (χ3n) is 6.65. The quantitative estimate of drug-likeness (QED) is 0.549. The highest BCUT2D eigenvalue weighted by Crippen LogP contribution is 2.24. The van der Waals surface area contributed by atoms with E-state index in [2.05, 4.69) is 10.0 Å². The summed E-state index contributed by atoms with van der Waals surface area (Å²) >= 11 is 6.00. The molecule has 0 radical (unpaired) electrons. The van der Waals surface area contributed by atoms with Gasteiger partial charge in [0.25, 0.3) is 5.91 Å². The van der Waals surface area contributed by atoms with Crippen molar-refractivity contribution in [3.8, 4) is 12.3 Å². The summed E-state index contributed by atoms with van der Waals surface area (Å²) in [6.45, 7) is 2.70. The van der Waals surface area contributed by atoms with Gasteiger partial charge in [-0.3, -0.25) is 14.4 Å². The molecule has 2 heterocycles. The van der Waals surface area contributed by atoms with E-state index in [9.17, 15) is 22.8 Å². The molecule has 2 aliphatic heterocycles. The number of amides is 3. The molecule has 2 fully saturated rings. The molecule has 9 nitrogen and oxygen atoms in total. The summed E-state index contributed by atoms with van der Waals surface area (Å²) in [4.78, 5) is 40.8. The Bertz CT molecular complexity index is 1360. The maximum absolute atomic E-state index is 13.1. The molecule has 0 saturated carbocycles. The number of likely N-dealkylation sites (tertiary alicyclic amines) is 2. The van der Waals surface area contributed by atoms with Crippen LogP contribution in [-0.4, -0.2) is 73.7 Å². The van der Waals surface area contributed by atoms with E-state index in [0.717, 1.165) is 5.39 Å². The summed E-state index contributed by atoms with van der Waals surface area (Å²) in [6.07, 6.45) is 6.77. The lowest BCUT2D eigenvalue weighted by Crippen LogP contribution is -2.55. The Morgan fingerprint density at radius 2 is 1.86 bits per heavy atom. The second kappa shape index (κ2) is 10.5. The Labute approximate surface area is 215 Å². The number of benzene rings is 2. The highest BCUT2D eigenvalue weighted by Gasteiger charge is 2.40. The number of piperidine rings is 1. The molecule has 0 aromatic heterocycles. The number of fused-ring (bicyclic) bond motifs is 1. The molecule has 2 saturated heterocycles. The van der Waals surface area contributed by atoms with Crippen molar-refractivity contribution in [3.63, 3.8) is 0 Å². The SMILES string of the molecule is C#CC(=O)NC1CCCN(C(=O)C(C)N2CCC(NS(=O)(=O)c3ccc4cc(Cl)ccc4c3)C2=O)C1. The lowest BCUT2D eigenvalue weighted by atomic mass is 10.0. The van der Waals surface area contributed by atoms with E-state index in [0.29, 0.717) is 36.3 Å². The summed E-state index contributed by atoms with van der Waals surface area (Å²) < 4.78 is 28.5. The van der Waals surface area contributed by atoms with Gasteiger partial charge in [0.15, 0.2) is 0 Å². The van der Waals surface area contributed by atoms with E-state index in [1.807, 2.05) is 5.92 Å². The van der Waals surface area contributed by atoms with Crippen molar-refractivity contribution in [1.29, 1.82) is 0 Å². The number of terminal acetylenes is 1. The van der Waals surface area contributed by atoms with Crippen molar-refractivity contribution < 1.29 is 22.8 Å². The topological polar surface area (TPSA) is 116 Å². The molecule has 0 bridgehead atoms. The number of hydrogen-bond donors (Lipinski definition) is 2. The zero-order valence-corrected chi connectivity index (χ0v) is 21.3. The van der Waals surface area contributed by atoms with Crippen LogP contribution in [0.3, 0.4) is 0 Å². The molecule has 4 rings (SSSR count). The van der Waals surface area contributed by atoms with Crippen LogP contribution in [0.5, 0.6) is 0 Å². The van der Waals surface area contributed by atoms with Crippen LogP contribution in [0, 0.1) is 12.3 Å². The molecule has 2 aliphatic rings. The van der Waals surface area contributed by atoms with Gasteiger partial charge in [-0.05, 0) is 67.1 Å². The fourth-order valence-electron chi connectivity index (χ4n) is 4.73. The summed E-state index contributed by atoms with van der Waals surface area (Å²) in [6, 6.07) is 7.84. The van der Waals surface area contributed by atoms with Crippen LogP contribution in [0.25, 0.3) is 10.8 Å². The zero-order chi connectivity index (χ0) is 26.0. The Kier molecular flexibility index (Phi) is 7.54. The summed E-state index contributed by atoms with van der Waals surface area (Å²) in [5.74, 6) is 0.789. The second-order valence-electron chi connectivity index (χ2n) is 9.06. The maximum atomic E-state index is 13.1. The molecule has 2 N–H and O–H groups in total. The first-order chi connectivity index (χ1) is 17.1. The van der Waals surface area contributed by atoms with Crippen LogP contribution >= 0.6 is 11.6 Å². The molecule has 36 heavy (non-hydrogen) atoms. The van der Waals surface area contributed by atoms with Crippen LogP contribution in [0.2, 0.25) is 5.02 Å². The molecule has 0 spiro atoms. The molecular weight excluding hydrogens is 504 g/mol. The number of sulfonamides is 1. The second-order valence-corrected chi connectivity index (χ2v) is 11.2. The van der Waals surface area contributed by atoms with Gasteiger partial charge in [0.2, 0.25) is 21.8 Å². The summed E-state index contributed by atoms with van der Waals surface area (Å²) in [5.41, 5.74) is 0. The molecule has 190 valence electrons. The van der Waals surface area contributed by atoms with E-state index in [4.69, 9.17) is 18.0 Å². The van der Waals surface area contributed by atoms with Crippen LogP contribution in [0.15, 0.2) is 41.3 Å². The Morgan fingerprint density at radius 1 is 1.14 bits per heavy atom. The van der Waals surface area contributed by atoms with Crippen molar-refractivity contribution in [2.75, 3.05) is 19.6 Å². The van der Waals surface area contributed by atoms with Gasteiger partial charge < -0.3 is 15.1 Å². The lowest BCUT2D eigenvalue weighted by molar-refractivity contribution is -0.144.